The van der Waals surface area contributed by atoms with Crippen molar-refractivity contribution in [3.63, 3.8) is 0 Å². The quantitative estimate of drug-likeness (QED) is 0.129. The van der Waals surface area contributed by atoms with E-state index in [9.17, 15) is 0 Å². The van der Waals surface area contributed by atoms with E-state index in [1.807, 2.05) is 12.3 Å². The molecule has 0 unspecified atom stereocenters. The third-order valence-electron chi connectivity index (χ3n) is 9.61. The highest BCUT2D eigenvalue weighted by Gasteiger charge is 2.34. The molecule has 0 spiro atoms. The van der Waals surface area contributed by atoms with Crippen molar-refractivity contribution in [2.75, 3.05) is 0 Å². The Balaban J connectivity index is 1.21. The van der Waals surface area contributed by atoms with E-state index in [4.69, 9.17) is 9.72 Å². The minimum atomic E-state index is -0.173. The number of nitrogens with zero attached hydrogens (tertiary/aromatic N) is 4. The normalized spacial score (nSPS) is 12.1. The molecule has 8 aromatic rings. The Morgan fingerprint density at radius 3 is 2.02 bits per heavy atom. The topological polar surface area (TPSA) is 35.9 Å². The van der Waals surface area contributed by atoms with E-state index in [0.717, 1.165) is 50.7 Å². The second kappa shape index (κ2) is 12.7. The molecule has 5 heteroatoms. The number of benzene rings is 5. The molecule has 0 saturated heterocycles. The van der Waals surface area contributed by atoms with Crippen molar-refractivity contribution in [1.29, 1.82) is 0 Å². The van der Waals surface area contributed by atoms with Gasteiger partial charge in [0.15, 0.2) is 0 Å². The van der Waals surface area contributed by atoms with Gasteiger partial charge >= 0.3 is 0 Å². The van der Waals surface area contributed by atoms with Crippen LogP contribution in [-0.2, 0) is 10.8 Å². The number of imidazole rings is 1. The fourth-order valence-corrected chi connectivity index (χ4v) is 7.28. The fraction of sp³-hybridized carbons (Fsp3) is 0.191. The highest BCUT2D eigenvalue weighted by molar-refractivity contribution is 6.09. The molecule has 258 valence electrons. The van der Waals surface area contributed by atoms with E-state index in [0.29, 0.717) is 0 Å². The first kappa shape index (κ1) is 33.2. The Morgan fingerprint density at radius 1 is 0.615 bits per heavy atom. The third kappa shape index (κ3) is 6.06. The van der Waals surface area contributed by atoms with Gasteiger partial charge in [-0.2, -0.15) is 0 Å². The monoisotopic (exact) mass is 680 g/mol. The predicted molar refractivity (Wildman–Crippen MR) is 212 cm³/mol. The first-order valence-electron chi connectivity index (χ1n) is 18.0. The van der Waals surface area contributed by atoms with E-state index in [2.05, 4.69) is 196 Å². The van der Waals surface area contributed by atoms with Crippen molar-refractivity contribution in [1.82, 2.24) is 14.1 Å². The minimum absolute atomic E-state index is 0.156. The molecule has 0 aliphatic heterocycles. The molecule has 0 fully saturated rings. The van der Waals surface area contributed by atoms with Crippen LogP contribution in [0, 0.1) is 13.3 Å². The number of rotatable bonds is 6. The number of ether oxygens (including phenoxy) is 1. The van der Waals surface area contributed by atoms with Crippen LogP contribution < -0.4 is 9.30 Å². The number of fused-ring (bicyclic) bond motifs is 3. The first-order chi connectivity index (χ1) is 25.0. The molecule has 8 rings (SSSR count). The highest BCUT2D eigenvalue weighted by Crippen LogP contribution is 2.37. The molecule has 3 aromatic heterocycles. The Labute approximate surface area is 306 Å². The van der Waals surface area contributed by atoms with Gasteiger partial charge in [0.05, 0.1) is 33.8 Å². The summed E-state index contributed by atoms with van der Waals surface area (Å²) in [6.45, 7) is 15.8. The van der Waals surface area contributed by atoms with Crippen molar-refractivity contribution in [3.05, 3.63) is 163 Å². The predicted octanol–water partition coefficient (Wildman–Crippen LogP) is 11.4. The van der Waals surface area contributed by atoms with Gasteiger partial charge in [-0.3, -0.25) is 13.7 Å². The van der Waals surface area contributed by atoms with Gasteiger partial charge in [0.1, 0.15) is 17.3 Å². The zero-order valence-electron chi connectivity index (χ0n) is 31.0. The van der Waals surface area contributed by atoms with Crippen molar-refractivity contribution in [3.8, 4) is 39.8 Å². The SMILES string of the molecule is Cc1ccc(-n2c3ccccc3c3ccc(Oc4cccc(-n5[c-][n+](-c6ccc(-c7ccccc7)cc6)c(C(C)(C)C)c5C(C)(C)C)c4)cc32)nc1. The van der Waals surface area contributed by atoms with E-state index >= 15 is 0 Å². The standard InChI is InChI=1S/C47H44N4O/c1-32-20-27-43(48-30-32)51-41-19-12-11-18-39(41)40-26-25-38(29-42(40)51)52-37-17-13-16-36(28-37)50-31-49(44(46(2,3)4)45(50)47(5,6)7)35-23-21-34(22-24-35)33-14-9-8-10-15-33/h8-30H,1-7H3. The van der Waals surface area contributed by atoms with Crippen molar-refractivity contribution in [2.24, 2.45) is 0 Å². The summed E-state index contributed by atoms with van der Waals surface area (Å²) in [5.41, 5.74) is 9.86. The Morgan fingerprint density at radius 2 is 1.31 bits per heavy atom. The van der Waals surface area contributed by atoms with Gasteiger partial charge in [0.25, 0.3) is 6.33 Å². The van der Waals surface area contributed by atoms with Crippen molar-refractivity contribution in [2.45, 2.75) is 59.3 Å². The van der Waals surface area contributed by atoms with Crippen LogP contribution in [0.4, 0.5) is 0 Å². The molecule has 52 heavy (non-hydrogen) atoms. The van der Waals surface area contributed by atoms with Gasteiger partial charge in [-0.1, -0.05) is 114 Å². The number of para-hydroxylation sites is 1. The summed E-state index contributed by atoms with van der Waals surface area (Å²) in [6, 6.07) is 46.6. The lowest BCUT2D eigenvalue weighted by molar-refractivity contribution is -0.611. The molecule has 0 aliphatic rings. The van der Waals surface area contributed by atoms with Gasteiger partial charge in [0.2, 0.25) is 0 Å². The molecular formula is C47H44N4O. The van der Waals surface area contributed by atoms with Gasteiger partial charge in [0, 0.05) is 23.0 Å². The van der Waals surface area contributed by atoms with Gasteiger partial charge in [-0.05, 0) is 89.0 Å². The van der Waals surface area contributed by atoms with E-state index < -0.39 is 0 Å². The molecule has 3 heterocycles. The lowest BCUT2D eigenvalue weighted by Crippen LogP contribution is -2.40. The molecule has 0 bridgehead atoms. The summed E-state index contributed by atoms with van der Waals surface area (Å²) in [7, 11) is 0. The molecule has 5 nitrogen and oxygen atoms in total. The number of pyridine rings is 1. The summed E-state index contributed by atoms with van der Waals surface area (Å²) in [5, 5.41) is 2.34. The maximum atomic E-state index is 6.66. The zero-order valence-corrected chi connectivity index (χ0v) is 31.0. The molecule has 5 aromatic carbocycles. The summed E-state index contributed by atoms with van der Waals surface area (Å²) in [4.78, 5) is 4.79. The smallest absolute Gasteiger partial charge is 0.269 e. The molecule has 0 saturated carbocycles. The summed E-state index contributed by atoms with van der Waals surface area (Å²) in [6.07, 6.45) is 5.70. The average molecular weight is 681 g/mol. The number of hydrogen-bond donors (Lipinski definition) is 0. The van der Waals surface area contributed by atoms with Crippen LogP contribution in [0.5, 0.6) is 11.5 Å². The number of aryl methyl sites for hydroxylation is 1. The Bertz CT molecular complexity index is 2540. The number of hydrogen-bond acceptors (Lipinski definition) is 2. The summed E-state index contributed by atoms with van der Waals surface area (Å²) >= 11 is 0. The van der Waals surface area contributed by atoms with Gasteiger partial charge in [-0.15, -0.1) is 0 Å². The Kier molecular flexibility index (Phi) is 8.10. The van der Waals surface area contributed by atoms with E-state index in [-0.39, 0.29) is 10.8 Å². The molecule has 0 atom stereocenters. The van der Waals surface area contributed by atoms with Crippen LogP contribution in [-0.4, -0.2) is 14.1 Å². The van der Waals surface area contributed by atoms with Crippen LogP contribution in [0.3, 0.4) is 0 Å². The Hall–Kier alpha value is -5.94. The van der Waals surface area contributed by atoms with Crippen molar-refractivity contribution >= 4 is 21.8 Å². The molecule has 0 amide bonds. The highest BCUT2D eigenvalue weighted by atomic mass is 16.5. The van der Waals surface area contributed by atoms with Crippen LogP contribution in [0.1, 0.15) is 58.5 Å². The maximum absolute atomic E-state index is 6.66. The van der Waals surface area contributed by atoms with Crippen LogP contribution in [0.2, 0.25) is 0 Å². The summed E-state index contributed by atoms with van der Waals surface area (Å²) in [5.74, 6) is 2.40. The van der Waals surface area contributed by atoms with E-state index in [1.54, 1.807) is 0 Å². The second-order valence-corrected chi connectivity index (χ2v) is 15.7. The molecule has 0 N–H and O–H groups in total. The molecule has 0 radical (unpaired) electrons. The summed E-state index contributed by atoms with van der Waals surface area (Å²) < 4.78 is 13.3. The average Bonchev–Trinajstić information content (AvgIpc) is 3.71. The van der Waals surface area contributed by atoms with Gasteiger partial charge < -0.3 is 4.74 Å². The zero-order chi connectivity index (χ0) is 36.2. The minimum Gasteiger partial charge on any atom is -0.458 e. The first-order valence-corrected chi connectivity index (χ1v) is 18.0. The van der Waals surface area contributed by atoms with E-state index in [1.165, 1.54) is 27.9 Å². The number of aromatic nitrogens is 4. The van der Waals surface area contributed by atoms with Crippen LogP contribution in [0.15, 0.2) is 140 Å². The lowest BCUT2D eigenvalue weighted by Gasteiger charge is -2.29. The molecule has 0 aliphatic carbocycles. The fourth-order valence-electron chi connectivity index (χ4n) is 7.28. The third-order valence-corrected chi connectivity index (χ3v) is 9.61. The lowest BCUT2D eigenvalue weighted by atomic mass is 9.81. The molecular weight excluding hydrogens is 637 g/mol. The maximum Gasteiger partial charge on any atom is 0.269 e. The second-order valence-electron chi connectivity index (χ2n) is 15.7. The van der Waals surface area contributed by atoms with Crippen molar-refractivity contribution < 1.29 is 9.30 Å². The van der Waals surface area contributed by atoms with Gasteiger partial charge in [-0.25, -0.2) is 4.98 Å². The van der Waals surface area contributed by atoms with Crippen LogP contribution in [0.25, 0.3) is 50.1 Å². The largest absolute Gasteiger partial charge is 0.458 e. The van der Waals surface area contributed by atoms with Crippen LogP contribution >= 0.6 is 0 Å².